The number of methoxy groups -OCH3 is 2. The molecule has 0 atom stereocenters. The zero-order valence-electron chi connectivity index (χ0n) is 21.6. The highest BCUT2D eigenvalue weighted by Gasteiger charge is 2.25. The molecule has 0 unspecified atom stereocenters. The van der Waals surface area contributed by atoms with E-state index >= 15 is 0 Å². The fourth-order valence-electron chi connectivity index (χ4n) is 4.91. The monoisotopic (exact) mass is 495 g/mol. The molecule has 194 valence electrons. The third-order valence-electron chi connectivity index (χ3n) is 6.91. The average Bonchev–Trinajstić information content (AvgIpc) is 3.14. The zero-order valence-corrected chi connectivity index (χ0v) is 21.6. The Morgan fingerprint density at radius 3 is 2.47 bits per heavy atom. The number of nitrogens with one attached hydrogen (secondary N) is 1. The van der Waals surface area contributed by atoms with E-state index in [1.54, 1.807) is 19.1 Å². The number of ether oxygens (including phenoxy) is 3. The second-order valence-electron chi connectivity index (χ2n) is 9.26. The number of carbonyl (C=O) groups is 2. The molecule has 2 aromatic rings. The molecule has 2 heterocycles. The first-order valence-corrected chi connectivity index (χ1v) is 12.8. The minimum Gasteiger partial charge on any atom is -0.493 e. The molecule has 1 fully saturated rings. The smallest absolute Gasteiger partial charge is 0.255 e. The first-order chi connectivity index (χ1) is 17.5. The van der Waals surface area contributed by atoms with Crippen molar-refractivity contribution in [2.24, 2.45) is 0 Å². The molecule has 8 heteroatoms. The highest BCUT2D eigenvalue weighted by Crippen LogP contribution is 2.37. The summed E-state index contributed by atoms with van der Waals surface area (Å²) in [5.74, 6) is 1.70. The quantitative estimate of drug-likeness (QED) is 0.601. The third kappa shape index (κ3) is 5.93. The van der Waals surface area contributed by atoms with E-state index in [9.17, 15) is 9.59 Å². The zero-order chi connectivity index (χ0) is 25.5. The van der Waals surface area contributed by atoms with Crippen molar-refractivity contribution in [2.75, 3.05) is 53.6 Å². The summed E-state index contributed by atoms with van der Waals surface area (Å²) >= 11 is 0. The number of piperidine rings is 1. The SMILES string of the molecule is CCC(=O)N1CCOc2c(cc(-c3ccc(OC)c(OC)c3)cc2C(=O)NCCN2CCCCC2)C1. The minimum absolute atomic E-state index is 0.0653. The van der Waals surface area contributed by atoms with Gasteiger partial charge in [-0.15, -0.1) is 0 Å². The summed E-state index contributed by atoms with van der Waals surface area (Å²) in [6, 6.07) is 9.55. The van der Waals surface area contributed by atoms with Crippen LogP contribution in [-0.2, 0) is 11.3 Å². The second-order valence-corrected chi connectivity index (χ2v) is 9.26. The lowest BCUT2D eigenvalue weighted by Crippen LogP contribution is -2.37. The van der Waals surface area contributed by atoms with Gasteiger partial charge in [-0.25, -0.2) is 0 Å². The Bertz CT molecular complexity index is 1080. The maximum Gasteiger partial charge on any atom is 0.255 e. The largest absolute Gasteiger partial charge is 0.493 e. The summed E-state index contributed by atoms with van der Waals surface area (Å²) < 4.78 is 17.0. The van der Waals surface area contributed by atoms with Crippen molar-refractivity contribution in [3.63, 3.8) is 0 Å². The van der Waals surface area contributed by atoms with Gasteiger partial charge in [0.25, 0.3) is 5.91 Å². The van der Waals surface area contributed by atoms with Crippen LogP contribution in [0.2, 0.25) is 0 Å². The van der Waals surface area contributed by atoms with E-state index in [2.05, 4.69) is 10.2 Å². The Morgan fingerprint density at radius 1 is 0.972 bits per heavy atom. The minimum atomic E-state index is -0.166. The Morgan fingerprint density at radius 2 is 1.75 bits per heavy atom. The normalized spacial score (nSPS) is 15.9. The first-order valence-electron chi connectivity index (χ1n) is 12.8. The molecule has 0 spiro atoms. The lowest BCUT2D eigenvalue weighted by molar-refractivity contribution is -0.131. The molecule has 8 nitrogen and oxygen atoms in total. The lowest BCUT2D eigenvalue weighted by Gasteiger charge is -2.26. The van der Waals surface area contributed by atoms with Gasteiger partial charge in [0.15, 0.2) is 11.5 Å². The number of likely N-dealkylation sites (tertiary alicyclic amines) is 1. The maximum absolute atomic E-state index is 13.4. The summed E-state index contributed by atoms with van der Waals surface area (Å²) in [6.45, 7) is 6.69. The van der Waals surface area contributed by atoms with Crippen molar-refractivity contribution in [3.05, 3.63) is 41.5 Å². The van der Waals surface area contributed by atoms with Gasteiger partial charge in [-0.2, -0.15) is 0 Å². The van der Waals surface area contributed by atoms with Gasteiger partial charge in [0.1, 0.15) is 12.4 Å². The van der Waals surface area contributed by atoms with Gasteiger partial charge in [-0.1, -0.05) is 19.4 Å². The van der Waals surface area contributed by atoms with E-state index in [1.807, 2.05) is 37.3 Å². The van der Waals surface area contributed by atoms with Gasteiger partial charge in [-0.3, -0.25) is 9.59 Å². The van der Waals surface area contributed by atoms with Crippen LogP contribution in [0.4, 0.5) is 0 Å². The number of amides is 2. The van der Waals surface area contributed by atoms with Gasteiger partial charge < -0.3 is 29.3 Å². The van der Waals surface area contributed by atoms with Crippen LogP contribution in [0.25, 0.3) is 11.1 Å². The maximum atomic E-state index is 13.4. The van der Waals surface area contributed by atoms with Crippen LogP contribution in [-0.4, -0.2) is 75.2 Å². The number of nitrogens with zero attached hydrogens (tertiary/aromatic N) is 2. The average molecular weight is 496 g/mol. The molecule has 2 aliphatic heterocycles. The molecule has 1 N–H and O–H groups in total. The predicted molar refractivity (Wildman–Crippen MR) is 139 cm³/mol. The van der Waals surface area contributed by atoms with E-state index in [0.29, 0.717) is 55.5 Å². The molecule has 0 bridgehead atoms. The van der Waals surface area contributed by atoms with Crippen LogP contribution >= 0.6 is 0 Å². The molecule has 2 amide bonds. The van der Waals surface area contributed by atoms with E-state index in [0.717, 1.165) is 36.3 Å². The molecular weight excluding hydrogens is 458 g/mol. The van der Waals surface area contributed by atoms with Crippen molar-refractivity contribution in [1.82, 2.24) is 15.1 Å². The third-order valence-corrected chi connectivity index (χ3v) is 6.91. The number of hydrogen-bond donors (Lipinski definition) is 1. The molecule has 2 aliphatic rings. The van der Waals surface area contributed by atoms with Crippen LogP contribution in [0.5, 0.6) is 17.2 Å². The summed E-state index contributed by atoms with van der Waals surface area (Å²) in [5.41, 5.74) is 3.05. The fourth-order valence-corrected chi connectivity index (χ4v) is 4.91. The van der Waals surface area contributed by atoms with Crippen LogP contribution in [0, 0.1) is 0 Å². The molecular formula is C28H37N3O5. The van der Waals surface area contributed by atoms with Gasteiger partial charge in [0.05, 0.1) is 26.3 Å². The summed E-state index contributed by atoms with van der Waals surface area (Å²) in [5, 5.41) is 3.10. The molecule has 2 aromatic carbocycles. The predicted octanol–water partition coefficient (Wildman–Crippen LogP) is 3.72. The van der Waals surface area contributed by atoms with Crippen molar-refractivity contribution >= 4 is 11.8 Å². The van der Waals surface area contributed by atoms with Crippen LogP contribution < -0.4 is 19.5 Å². The van der Waals surface area contributed by atoms with Crippen LogP contribution in [0.1, 0.15) is 48.5 Å². The number of benzene rings is 2. The summed E-state index contributed by atoms with van der Waals surface area (Å²) in [4.78, 5) is 30.1. The summed E-state index contributed by atoms with van der Waals surface area (Å²) in [7, 11) is 3.20. The van der Waals surface area contributed by atoms with Crippen molar-refractivity contribution < 1.29 is 23.8 Å². The van der Waals surface area contributed by atoms with Gasteiger partial charge in [0.2, 0.25) is 5.91 Å². The van der Waals surface area contributed by atoms with Crippen molar-refractivity contribution in [2.45, 2.75) is 39.2 Å². The molecule has 36 heavy (non-hydrogen) atoms. The van der Waals surface area contributed by atoms with E-state index in [-0.39, 0.29) is 11.8 Å². The van der Waals surface area contributed by atoms with E-state index < -0.39 is 0 Å². The van der Waals surface area contributed by atoms with Crippen molar-refractivity contribution in [3.8, 4) is 28.4 Å². The van der Waals surface area contributed by atoms with Crippen LogP contribution in [0.15, 0.2) is 30.3 Å². The highest BCUT2D eigenvalue weighted by molar-refractivity contribution is 5.99. The fraction of sp³-hybridized carbons (Fsp3) is 0.500. The summed E-state index contributed by atoms with van der Waals surface area (Å²) in [6.07, 6.45) is 4.15. The Hall–Kier alpha value is -3.26. The Labute approximate surface area is 213 Å². The molecule has 0 saturated carbocycles. The van der Waals surface area contributed by atoms with E-state index in [4.69, 9.17) is 14.2 Å². The molecule has 0 radical (unpaired) electrons. The Balaban J connectivity index is 1.66. The molecule has 0 aliphatic carbocycles. The van der Waals surface area contributed by atoms with Gasteiger partial charge in [-0.05, 0) is 61.3 Å². The van der Waals surface area contributed by atoms with Gasteiger partial charge in [0, 0.05) is 31.6 Å². The van der Waals surface area contributed by atoms with Gasteiger partial charge >= 0.3 is 0 Å². The van der Waals surface area contributed by atoms with E-state index in [1.165, 1.54) is 19.3 Å². The van der Waals surface area contributed by atoms with Crippen molar-refractivity contribution in [1.29, 1.82) is 0 Å². The van der Waals surface area contributed by atoms with Crippen LogP contribution in [0.3, 0.4) is 0 Å². The lowest BCUT2D eigenvalue weighted by atomic mass is 9.97. The first kappa shape index (κ1) is 25.8. The number of fused-ring (bicyclic) bond motifs is 1. The highest BCUT2D eigenvalue weighted by atomic mass is 16.5. The molecule has 4 rings (SSSR count). The topological polar surface area (TPSA) is 80.3 Å². The Kier molecular flexibility index (Phi) is 8.70. The number of hydrogen-bond acceptors (Lipinski definition) is 6. The second kappa shape index (κ2) is 12.1. The number of rotatable bonds is 8. The molecule has 1 saturated heterocycles. The molecule has 0 aromatic heterocycles. The number of carbonyl (C=O) groups excluding carboxylic acids is 2. The standard InChI is InChI=1S/C28H37N3O5/c1-4-26(32)31-14-15-36-27-22(19-31)16-21(20-8-9-24(34-2)25(18-20)35-3)17-23(27)28(33)29-10-13-30-11-6-5-7-12-30/h8-9,16-18H,4-7,10-15,19H2,1-3H3,(H,29,33).